The predicted octanol–water partition coefficient (Wildman–Crippen LogP) is 2.67. The number of aliphatic hydroxyl groups excluding tert-OH is 1. The molecule has 0 aromatic heterocycles. The van der Waals surface area contributed by atoms with Crippen LogP contribution in [0.2, 0.25) is 5.02 Å². The van der Waals surface area contributed by atoms with E-state index in [-0.39, 0.29) is 18.9 Å². The van der Waals surface area contributed by atoms with E-state index in [1.165, 1.54) is 0 Å². The first kappa shape index (κ1) is 13.0. The van der Waals surface area contributed by atoms with Gasteiger partial charge < -0.3 is 10.2 Å². The maximum Gasteiger partial charge on any atom is 0.303 e. The van der Waals surface area contributed by atoms with Crippen molar-refractivity contribution in [1.29, 1.82) is 0 Å². The summed E-state index contributed by atoms with van der Waals surface area (Å²) >= 11 is 5.77. The first-order valence-electron chi connectivity index (χ1n) is 5.21. The summed E-state index contributed by atoms with van der Waals surface area (Å²) in [6.45, 7) is 0.0870. The van der Waals surface area contributed by atoms with E-state index in [2.05, 4.69) is 0 Å². The van der Waals surface area contributed by atoms with Gasteiger partial charge in [-0.25, -0.2) is 0 Å². The lowest BCUT2D eigenvalue weighted by Gasteiger charge is -2.14. The van der Waals surface area contributed by atoms with Gasteiger partial charge in [0.2, 0.25) is 0 Å². The molecule has 0 radical (unpaired) electrons. The van der Waals surface area contributed by atoms with Crippen molar-refractivity contribution in [3.05, 3.63) is 34.9 Å². The zero-order chi connectivity index (χ0) is 12.0. The summed E-state index contributed by atoms with van der Waals surface area (Å²) in [5.74, 6) is -0.875. The van der Waals surface area contributed by atoms with E-state index < -0.39 is 5.97 Å². The summed E-state index contributed by atoms with van der Waals surface area (Å²) < 4.78 is 0. The first-order chi connectivity index (χ1) is 7.63. The molecular formula is C12H15ClO3. The van der Waals surface area contributed by atoms with Crippen LogP contribution in [0.15, 0.2) is 24.3 Å². The van der Waals surface area contributed by atoms with Crippen molar-refractivity contribution in [3.8, 4) is 0 Å². The fourth-order valence-corrected chi connectivity index (χ4v) is 1.80. The minimum absolute atomic E-state index is 0.0538. The third-order valence-corrected chi connectivity index (χ3v) is 2.73. The molecule has 1 atom stereocenters. The van der Waals surface area contributed by atoms with Gasteiger partial charge in [0, 0.05) is 11.6 Å². The number of aliphatic carboxylic acids is 1. The molecular weight excluding hydrogens is 228 g/mol. The fraction of sp³-hybridized carbons (Fsp3) is 0.417. The maximum absolute atomic E-state index is 10.7. The van der Waals surface area contributed by atoms with Gasteiger partial charge in [0.05, 0.1) is 6.42 Å². The lowest BCUT2D eigenvalue weighted by Crippen LogP contribution is -2.07. The van der Waals surface area contributed by atoms with Crippen LogP contribution in [0.1, 0.15) is 30.7 Å². The van der Waals surface area contributed by atoms with E-state index in [1.807, 2.05) is 12.1 Å². The van der Waals surface area contributed by atoms with E-state index in [4.69, 9.17) is 21.8 Å². The molecule has 0 aliphatic heterocycles. The number of benzene rings is 1. The smallest absolute Gasteiger partial charge is 0.303 e. The highest BCUT2D eigenvalue weighted by Gasteiger charge is 2.14. The van der Waals surface area contributed by atoms with Crippen molar-refractivity contribution < 1.29 is 15.0 Å². The van der Waals surface area contributed by atoms with Gasteiger partial charge in [-0.2, -0.15) is 0 Å². The number of aliphatic hydroxyl groups is 1. The van der Waals surface area contributed by atoms with Crippen molar-refractivity contribution in [3.63, 3.8) is 0 Å². The molecule has 0 aliphatic carbocycles. The Morgan fingerprint density at radius 2 is 1.94 bits per heavy atom. The highest BCUT2D eigenvalue weighted by Crippen LogP contribution is 2.26. The van der Waals surface area contributed by atoms with Crippen LogP contribution in [0.25, 0.3) is 0 Å². The molecule has 0 heterocycles. The SMILES string of the molecule is O=C(O)C[C@@H](CCCO)c1ccc(Cl)cc1. The van der Waals surface area contributed by atoms with E-state index >= 15 is 0 Å². The standard InChI is InChI=1S/C12H15ClO3/c13-11-5-3-9(4-6-11)10(2-1-7-14)8-12(15)16/h3-6,10,14H,1-2,7-8H2,(H,15,16)/t10-/m1/s1. The van der Waals surface area contributed by atoms with Crippen LogP contribution in [-0.4, -0.2) is 22.8 Å². The van der Waals surface area contributed by atoms with Gasteiger partial charge in [0.1, 0.15) is 0 Å². The third kappa shape index (κ3) is 4.21. The number of halogens is 1. The Balaban J connectivity index is 2.74. The average molecular weight is 243 g/mol. The summed E-state index contributed by atoms with van der Waals surface area (Å²) in [4.78, 5) is 10.7. The van der Waals surface area contributed by atoms with Crippen molar-refractivity contribution in [2.75, 3.05) is 6.61 Å². The van der Waals surface area contributed by atoms with Crippen LogP contribution in [-0.2, 0) is 4.79 Å². The van der Waals surface area contributed by atoms with Crippen LogP contribution >= 0.6 is 11.6 Å². The molecule has 1 aromatic carbocycles. The zero-order valence-electron chi connectivity index (χ0n) is 8.90. The first-order valence-corrected chi connectivity index (χ1v) is 5.59. The molecule has 0 saturated carbocycles. The number of carbonyl (C=O) groups is 1. The quantitative estimate of drug-likeness (QED) is 0.806. The second-order valence-corrected chi connectivity index (χ2v) is 4.15. The Kier molecular flexibility index (Phi) is 5.29. The molecule has 0 saturated heterocycles. The maximum atomic E-state index is 10.7. The Hall–Kier alpha value is -1.06. The average Bonchev–Trinajstić information content (AvgIpc) is 2.25. The van der Waals surface area contributed by atoms with E-state index in [1.54, 1.807) is 12.1 Å². The second kappa shape index (κ2) is 6.51. The van der Waals surface area contributed by atoms with Gasteiger partial charge >= 0.3 is 5.97 Å². The summed E-state index contributed by atoms with van der Waals surface area (Å²) in [5.41, 5.74) is 0.959. The topological polar surface area (TPSA) is 57.5 Å². The molecule has 16 heavy (non-hydrogen) atoms. The molecule has 2 N–H and O–H groups in total. The number of hydrogen-bond donors (Lipinski definition) is 2. The van der Waals surface area contributed by atoms with Crippen LogP contribution in [0.4, 0.5) is 0 Å². The third-order valence-electron chi connectivity index (χ3n) is 2.47. The Morgan fingerprint density at radius 1 is 1.31 bits per heavy atom. The van der Waals surface area contributed by atoms with Crippen LogP contribution < -0.4 is 0 Å². The molecule has 0 unspecified atom stereocenters. The van der Waals surface area contributed by atoms with Crippen molar-refractivity contribution in [2.45, 2.75) is 25.2 Å². The van der Waals surface area contributed by atoms with Crippen molar-refractivity contribution >= 4 is 17.6 Å². The Labute approximate surface area is 99.7 Å². The molecule has 0 fully saturated rings. The molecule has 1 aromatic rings. The summed E-state index contributed by atoms with van der Waals surface area (Å²) in [5, 5.41) is 18.2. The minimum atomic E-state index is -0.821. The lowest BCUT2D eigenvalue weighted by molar-refractivity contribution is -0.137. The zero-order valence-corrected chi connectivity index (χ0v) is 9.65. The number of carboxylic acid groups (broad SMARTS) is 1. The van der Waals surface area contributed by atoms with Gasteiger partial charge in [0.25, 0.3) is 0 Å². The van der Waals surface area contributed by atoms with E-state index in [0.29, 0.717) is 17.9 Å². The molecule has 0 spiro atoms. The van der Waals surface area contributed by atoms with Crippen molar-refractivity contribution in [1.82, 2.24) is 0 Å². The van der Waals surface area contributed by atoms with E-state index in [9.17, 15) is 4.79 Å². The number of rotatable bonds is 6. The normalized spacial score (nSPS) is 12.4. The number of carboxylic acids is 1. The minimum Gasteiger partial charge on any atom is -0.481 e. The molecule has 0 bridgehead atoms. The highest BCUT2D eigenvalue weighted by molar-refractivity contribution is 6.30. The van der Waals surface area contributed by atoms with Gasteiger partial charge in [-0.1, -0.05) is 23.7 Å². The highest BCUT2D eigenvalue weighted by atomic mass is 35.5. The fourth-order valence-electron chi connectivity index (χ4n) is 1.67. The summed E-state index contributed by atoms with van der Waals surface area (Å²) in [6.07, 6.45) is 1.37. The van der Waals surface area contributed by atoms with Gasteiger partial charge in [0.15, 0.2) is 0 Å². The Morgan fingerprint density at radius 3 is 2.44 bits per heavy atom. The monoisotopic (exact) mass is 242 g/mol. The molecule has 0 amide bonds. The molecule has 88 valence electrons. The Bertz CT molecular complexity index is 335. The van der Waals surface area contributed by atoms with Crippen molar-refractivity contribution in [2.24, 2.45) is 0 Å². The molecule has 1 rings (SSSR count). The predicted molar refractivity (Wildman–Crippen MR) is 62.8 cm³/mol. The molecule has 3 nitrogen and oxygen atoms in total. The lowest BCUT2D eigenvalue weighted by atomic mass is 9.91. The van der Waals surface area contributed by atoms with Gasteiger partial charge in [-0.15, -0.1) is 0 Å². The largest absolute Gasteiger partial charge is 0.481 e. The molecule has 4 heteroatoms. The van der Waals surface area contributed by atoms with Crippen LogP contribution in [0, 0.1) is 0 Å². The summed E-state index contributed by atoms with van der Waals surface area (Å²) in [7, 11) is 0. The van der Waals surface area contributed by atoms with E-state index in [0.717, 1.165) is 5.56 Å². The second-order valence-electron chi connectivity index (χ2n) is 3.71. The van der Waals surface area contributed by atoms with Gasteiger partial charge in [-0.05, 0) is 36.5 Å². The van der Waals surface area contributed by atoms with Crippen LogP contribution in [0.3, 0.4) is 0 Å². The summed E-state index contributed by atoms with van der Waals surface area (Å²) in [6, 6.07) is 7.19. The van der Waals surface area contributed by atoms with Crippen LogP contribution in [0.5, 0.6) is 0 Å². The number of hydrogen-bond acceptors (Lipinski definition) is 2. The van der Waals surface area contributed by atoms with Gasteiger partial charge in [-0.3, -0.25) is 4.79 Å². The molecule has 0 aliphatic rings.